The molecule has 0 unspecified atom stereocenters. The molecule has 0 radical (unpaired) electrons. The fraction of sp³-hybridized carbons (Fsp3) is 0.840. The highest BCUT2D eigenvalue weighted by Gasteiger charge is 2.44. The quantitative estimate of drug-likeness (QED) is 0.325. The van der Waals surface area contributed by atoms with Gasteiger partial charge in [-0.05, 0) is 38.0 Å². The van der Waals surface area contributed by atoms with Crippen LogP contribution < -0.4 is 21.3 Å². The van der Waals surface area contributed by atoms with Gasteiger partial charge in [-0.25, -0.2) is 4.79 Å². The van der Waals surface area contributed by atoms with Crippen LogP contribution in [0.3, 0.4) is 0 Å². The first-order valence-corrected chi connectivity index (χ1v) is 13.4. The Morgan fingerprint density at radius 1 is 1.06 bits per heavy atom. The van der Waals surface area contributed by atoms with Crippen LogP contribution in [0.25, 0.3) is 0 Å². The van der Waals surface area contributed by atoms with E-state index in [9.17, 15) is 24.3 Å². The van der Waals surface area contributed by atoms with Gasteiger partial charge >= 0.3 is 6.09 Å². The van der Waals surface area contributed by atoms with E-state index in [1.54, 1.807) is 13.8 Å². The van der Waals surface area contributed by atoms with Crippen molar-refractivity contribution in [2.24, 2.45) is 5.92 Å². The summed E-state index contributed by atoms with van der Waals surface area (Å²) in [5.74, 6) is -1.71. The summed E-state index contributed by atoms with van der Waals surface area (Å²) in [5, 5.41) is 21.9. The van der Waals surface area contributed by atoms with Crippen molar-refractivity contribution in [3.8, 4) is 0 Å². The summed E-state index contributed by atoms with van der Waals surface area (Å²) in [6.07, 6.45) is 4.24. The molecule has 0 aromatic rings. The smallest absolute Gasteiger partial charge is 0.408 e. The molecule has 5 N–H and O–H groups in total. The molecule has 36 heavy (non-hydrogen) atoms. The van der Waals surface area contributed by atoms with Crippen molar-refractivity contribution >= 4 is 23.8 Å². The standard InChI is InChI=1S/C25H42N4O7/c1-16(2)19(20(30)22(32)27-18-8-4-7-13-26-21(18)31)28-23(33)25(11-5-3-6-12-25)29-24(34)36-17-9-14-35-15-10-17/h16-20,30H,3-15H2,1-2H3,(H,26,31)(H,27,32)(H,28,33)(H,29,34)/t18-,19-,20+/m0/s1. The largest absolute Gasteiger partial charge is 0.446 e. The molecule has 1 saturated carbocycles. The highest BCUT2D eigenvalue weighted by molar-refractivity contribution is 5.92. The molecule has 3 atom stereocenters. The maximum atomic E-state index is 13.6. The topological polar surface area (TPSA) is 155 Å². The van der Waals surface area contributed by atoms with Crippen LogP contribution in [0.1, 0.15) is 78.1 Å². The SMILES string of the molecule is CC(C)[C@H](NC(=O)C1(NC(=O)OC2CCOCC2)CCCCC1)[C@@H](O)C(=O)N[C@H]1CCCCNC1=O. The molecule has 0 spiro atoms. The molecule has 204 valence electrons. The third kappa shape index (κ3) is 7.55. The lowest BCUT2D eigenvalue weighted by molar-refractivity contribution is -0.138. The van der Waals surface area contributed by atoms with E-state index in [0.717, 1.165) is 32.1 Å². The summed E-state index contributed by atoms with van der Waals surface area (Å²) in [7, 11) is 0. The number of ether oxygens (including phenoxy) is 2. The first-order chi connectivity index (χ1) is 17.2. The lowest BCUT2D eigenvalue weighted by atomic mass is 9.80. The van der Waals surface area contributed by atoms with Gasteiger partial charge in [-0.2, -0.15) is 0 Å². The monoisotopic (exact) mass is 510 g/mol. The maximum absolute atomic E-state index is 13.6. The third-order valence-corrected chi connectivity index (χ3v) is 7.40. The molecule has 0 bridgehead atoms. The average Bonchev–Trinajstić information content (AvgIpc) is 3.06. The van der Waals surface area contributed by atoms with Gasteiger partial charge in [-0.3, -0.25) is 14.4 Å². The van der Waals surface area contributed by atoms with Gasteiger partial charge < -0.3 is 35.8 Å². The van der Waals surface area contributed by atoms with Crippen molar-refractivity contribution in [3.63, 3.8) is 0 Å². The van der Waals surface area contributed by atoms with E-state index in [1.165, 1.54) is 0 Å². The number of hydrogen-bond donors (Lipinski definition) is 5. The lowest BCUT2D eigenvalue weighted by Gasteiger charge is -2.39. The second kappa shape index (κ2) is 13.2. The molecule has 2 aliphatic heterocycles. The molecular weight excluding hydrogens is 468 g/mol. The van der Waals surface area contributed by atoms with E-state index in [0.29, 0.717) is 51.9 Å². The van der Waals surface area contributed by atoms with E-state index in [-0.39, 0.29) is 17.9 Å². The highest BCUT2D eigenvalue weighted by atomic mass is 16.6. The van der Waals surface area contributed by atoms with Crippen LogP contribution in [-0.4, -0.2) is 78.5 Å². The van der Waals surface area contributed by atoms with Gasteiger partial charge in [0.2, 0.25) is 11.8 Å². The Morgan fingerprint density at radius 3 is 2.42 bits per heavy atom. The predicted octanol–water partition coefficient (Wildman–Crippen LogP) is 0.881. The third-order valence-electron chi connectivity index (χ3n) is 7.40. The van der Waals surface area contributed by atoms with Gasteiger partial charge in [0.1, 0.15) is 17.7 Å². The molecule has 11 heteroatoms. The number of hydrogen-bond acceptors (Lipinski definition) is 7. The molecule has 2 saturated heterocycles. The maximum Gasteiger partial charge on any atom is 0.408 e. The molecule has 0 aromatic carbocycles. The zero-order chi connectivity index (χ0) is 26.1. The average molecular weight is 511 g/mol. The van der Waals surface area contributed by atoms with E-state index in [1.807, 2.05) is 0 Å². The van der Waals surface area contributed by atoms with Gasteiger partial charge in [0, 0.05) is 19.4 Å². The Kier molecular flexibility index (Phi) is 10.4. The van der Waals surface area contributed by atoms with Crippen LogP contribution in [0, 0.1) is 5.92 Å². The van der Waals surface area contributed by atoms with Gasteiger partial charge in [-0.1, -0.05) is 33.1 Å². The van der Waals surface area contributed by atoms with Crippen molar-refractivity contribution < 1.29 is 33.8 Å². The normalized spacial score (nSPS) is 24.6. The summed E-state index contributed by atoms with van der Waals surface area (Å²) in [6.45, 7) is 5.20. The predicted molar refractivity (Wildman–Crippen MR) is 131 cm³/mol. The number of alkyl carbamates (subject to hydrolysis) is 1. The van der Waals surface area contributed by atoms with Gasteiger partial charge in [0.05, 0.1) is 19.3 Å². The molecule has 0 aromatic heterocycles. The van der Waals surface area contributed by atoms with Crippen LogP contribution in [0.4, 0.5) is 4.79 Å². The molecule has 11 nitrogen and oxygen atoms in total. The van der Waals surface area contributed by atoms with E-state index >= 15 is 0 Å². The minimum absolute atomic E-state index is 0.252. The fourth-order valence-corrected chi connectivity index (χ4v) is 5.13. The number of nitrogens with one attached hydrogen (secondary N) is 4. The lowest BCUT2D eigenvalue weighted by Crippen LogP contribution is -2.64. The number of aliphatic hydroxyl groups excluding tert-OH is 1. The first kappa shape index (κ1) is 28.2. The van der Waals surface area contributed by atoms with E-state index < -0.39 is 41.6 Å². The van der Waals surface area contributed by atoms with E-state index in [4.69, 9.17) is 9.47 Å². The first-order valence-electron chi connectivity index (χ1n) is 13.4. The highest BCUT2D eigenvalue weighted by Crippen LogP contribution is 2.29. The minimum Gasteiger partial charge on any atom is -0.446 e. The molecule has 3 rings (SSSR count). The summed E-state index contributed by atoms with van der Waals surface area (Å²) in [6, 6.07) is -1.62. The Balaban J connectivity index is 1.65. The minimum atomic E-state index is -1.56. The van der Waals surface area contributed by atoms with Crippen LogP contribution in [-0.2, 0) is 23.9 Å². The summed E-state index contributed by atoms with van der Waals surface area (Å²) >= 11 is 0. The number of carbonyl (C=O) groups excluding carboxylic acids is 4. The fourth-order valence-electron chi connectivity index (χ4n) is 5.13. The number of carbonyl (C=O) groups is 4. The van der Waals surface area contributed by atoms with Gasteiger partial charge in [0.25, 0.3) is 5.91 Å². The van der Waals surface area contributed by atoms with Crippen LogP contribution in [0.5, 0.6) is 0 Å². The van der Waals surface area contributed by atoms with Crippen molar-refractivity contribution in [1.29, 1.82) is 0 Å². The summed E-state index contributed by atoms with van der Waals surface area (Å²) in [4.78, 5) is 51.4. The zero-order valence-corrected chi connectivity index (χ0v) is 21.5. The molecule has 3 fully saturated rings. The Morgan fingerprint density at radius 2 is 1.75 bits per heavy atom. The second-order valence-electron chi connectivity index (χ2n) is 10.5. The van der Waals surface area contributed by atoms with E-state index in [2.05, 4.69) is 21.3 Å². The molecule has 3 aliphatic rings. The Hall–Kier alpha value is -2.40. The number of amides is 4. The molecular formula is C25H42N4O7. The number of aliphatic hydroxyl groups is 1. The second-order valence-corrected chi connectivity index (χ2v) is 10.5. The van der Waals surface area contributed by atoms with Gasteiger partial charge in [-0.15, -0.1) is 0 Å². The zero-order valence-electron chi connectivity index (χ0n) is 21.5. The Labute approximate surface area is 212 Å². The van der Waals surface area contributed by atoms with Crippen LogP contribution in [0.2, 0.25) is 0 Å². The van der Waals surface area contributed by atoms with Crippen molar-refractivity contribution in [2.45, 2.75) is 108 Å². The molecule has 4 amide bonds. The van der Waals surface area contributed by atoms with Crippen molar-refractivity contribution in [3.05, 3.63) is 0 Å². The van der Waals surface area contributed by atoms with Crippen LogP contribution in [0.15, 0.2) is 0 Å². The molecule has 1 aliphatic carbocycles. The molecule has 2 heterocycles. The van der Waals surface area contributed by atoms with Crippen molar-refractivity contribution in [1.82, 2.24) is 21.3 Å². The van der Waals surface area contributed by atoms with Crippen molar-refractivity contribution in [2.75, 3.05) is 19.8 Å². The summed E-state index contributed by atoms with van der Waals surface area (Å²) in [5.41, 5.74) is -1.18. The Bertz CT molecular complexity index is 778. The van der Waals surface area contributed by atoms with Crippen LogP contribution >= 0.6 is 0 Å². The number of rotatable bonds is 8. The summed E-state index contributed by atoms with van der Waals surface area (Å²) < 4.78 is 10.9. The van der Waals surface area contributed by atoms with Gasteiger partial charge in [0.15, 0.2) is 6.10 Å².